The molecule has 2 amide bonds. The normalized spacial score (nSPS) is 16.4. The third kappa shape index (κ3) is 3.06. The third-order valence-electron chi connectivity index (χ3n) is 4.07. The molecule has 0 unspecified atom stereocenters. The molecule has 4 heteroatoms. The summed E-state index contributed by atoms with van der Waals surface area (Å²) in [7, 11) is 0. The van der Waals surface area contributed by atoms with E-state index < -0.39 is 0 Å². The van der Waals surface area contributed by atoms with Gasteiger partial charge in [0.05, 0.1) is 6.04 Å². The van der Waals surface area contributed by atoms with E-state index in [1.54, 1.807) is 0 Å². The van der Waals surface area contributed by atoms with Crippen molar-refractivity contribution in [3.63, 3.8) is 0 Å². The van der Waals surface area contributed by atoms with Gasteiger partial charge in [-0.1, -0.05) is 30.3 Å². The molecule has 1 aliphatic rings. The Morgan fingerprint density at radius 2 is 1.95 bits per heavy atom. The van der Waals surface area contributed by atoms with Gasteiger partial charge in [-0.15, -0.1) is 0 Å². The molecule has 3 rings (SSSR count). The summed E-state index contributed by atoms with van der Waals surface area (Å²) in [6.07, 6.45) is 0.788. The first-order chi connectivity index (χ1) is 10.6. The van der Waals surface area contributed by atoms with E-state index in [1.807, 2.05) is 56.3 Å². The SMILES string of the molecule is Cc1cccc(NC(=O)N[C@@H]2COc3ccccc3C2)c1C. The summed E-state index contributed by atoms with van der Waals surface area (Å²) in [4.78, 5) is 12.2. The van der Waals surface area contributed by atoms with Gasteiger partial charge in [0, 0.05) is 5.69 Å². The van der Waals surface area contributed by atoms with E-state index in [0.717, 1.165) is 34.5 Å². The molecule has 4 nitrogen and oxygen atoms in total. The maximum atomic E-state index is 12.2. The largest absolute Gasteiger partial charge is 0.491 e. The van der Waals surface area contributed by atoms with Gasteiger partial charge in [0.25, 0.3) is 0 Å². The molecule has 2 aromatic carbocycles. The van der Waals surface area contributed by atoms with Crippen LogP contribution in [0.3, 0.4) is 0 Å². The van der Waals surface area contributed by atoms with Crippen LogP contribution in [-0.4, -0.2) is 18.7 Å². The molecule has 22 heavy (non-hydrogen) atoms. The van der Waals surface area contributed by atoms with Gasteiger partial charge in [-0.25, -0.2) is 4.79 Å². The van der Waals surface area contributed by atoms with Crippen molar-refractivity contribution in [3.8, 4) is 5.75 Å². The number of carbonyl (C=O) groups is 1. The monoisotopic (exact) mass is 296 g/mol. The second-order valence-corrected chi connectivity index (χ2v) is 5.67. The summed E-state index contributed by atoms with van der Waals surface area (Å²) in [6, 6.07) is 13.6. The minimum atomic E-state index is -0.193. The van der Waals surface area contributed by atoms with Crippen molar-refractivity contribution in [1.82, 2.24) is 5.32 Å². The van der Waals surface area contributed by atoms with Crippen LogP contribution in [0, 0.1) is 13.8 Å². The molecule has 2 N–H and O–H groups in total. The number of para-hydroxylation sites is 1. The molecule has 0 spiro atoms. The van der Waals surface area contributed by atoms with Crippen molar-refractivity contribution in [2.75, 3.05) is 11.9 Å². The van der Waals surface area contributed by atoms with E-state index in [2.05, 4.69) is 10.6 Å². The van der Waals surface area contributed by atoms with E-state index in [1.165, 1.54) is 0 Å². The first-order valence-electron chi connectivity index (χ1n) is 7.48. The van der Waals surface area contributed by atoms with Gasteiger partial charge >= 0.3 is 6.03 Å². The molecule has 0 aliphatic carbocycles. The van der Waals surface area contributed by atoms with Gasteiger partial charge in [-0.2, -0.15) is 0 Å². The van der Waals surface area contributed by atoms with Crippen LogP contribution in [-0.2, 0) is 6.42 Å². The molecule has 0 bridgehead atoms. The number of fused-ring (bicyclic) bond motifs is 1. The van der Waals surface area contributed by atoms with E-state index in [0.29, 0.717) is 6.61 Å². The summed E-state index contributed by atoms with van der Waals surface area (Å²) < 4.78 is 5.69. The summed E-state index contributed by atoms with van der Waals surface area (Å²) in [5, 5.41) is 5.90. The van der Waals surface area contributed by atoms with Crippen molar-refractivity contribution >= 4 is 11.7 Å². The summed E-state index contributed by atoms with van der Waals surface area (Å²) in [5.74, 6) is 0.912. The maximum absolute atomic E-state index is 12.2. The number of carbonyl (C=O) groups excluding carboxylic acids is 1. The first kappa shape index (κ1) is 14.4. The Morgan fingerprint density at radius 3 is 2.82 bits per heavy atom. The van der Waals surface area contributed by atoms with E-state index >= 15 is 0 Å². The number of benzene rings is 2. The Morgan fingerprint density at radius 1 is 1.14 bits per heavy atom. The zero-order valence-corrected chi connectivity index (χ0v) is 12.8. The highest BCUT2D eigenvalue weighted by Crippen LogP contribution is 2.24. The predicted octanol–water partition coefficient (Wildman–Crippen LogP) is 3.43. The van der Waals surface area contributed by atoms with Crippen LogP contribution in [0.5, 0.6) is 5.75 Å². The Labute approximate surface area is 130 Å². The summed E-state index contributed by atoms with van der Waals surface area (Å²) >= 11 is 0. The van der Waals surface area contributed by atoms with Crippen molar-refractivity contribution in [2.45, 2.75) is 26.3 Å². The number of hydrogen-bond acceptors (Lipinski definition) is 2. The second kappa shape index (κ2) is 6.10. The van der Waals surface area contributed by atoms with Crippen LogP contribution in [0.4, 0.5) is 10.5 Å². The molecule has 1 aliphatic heterocycles. The minimum Gasteiger partial charge on any atom is -0.491 e. The maximum Gasteiger partial charge on any atom is 0.319 e. The Bertz CT molecular complexity index is 697. The predicted molar refractivity (Wildman–Crippen MR) is 87.5 cm³/mol. The van der Waals surface area contributed by atoms with Crippen molar-refractivity contribution in [1.29, 1.82) is 0 Å². The lowest BCUT2D eigenvalue weighted by atomic mass is 10.0. The van der Waals surface area contributed by atoms with Crippen LogP contribution in [0.25, 0.3) is 0 Å². The Kier molecular flexibility index (Phi) is 4.00. The number of hydrogen-bond donors (Lipinski definition) is 2. The zero-order chi connectivity index (χ0) is 15.5. The fourth-order valence-electron chi connectivity index (χ4n) is 2.65. The van der Waals surface area contributed by atoms with Crippen molar-refractivity contribution < 1.29 is 9.53 Å². The van der Waals surface area contributed by atoms with Gasteiger partial charge < -0.3 is 15.4 Å². The number of rotatable bonds is 2. The van der Waals surface area contributed by atoms with Gasteiger partial charge in [0.1, 0.15) is 12.4 Å². The van der Waals surface area contributed by atoms with Gasteiger partial charge in [0.15, 0.2) is 0 Å². The highest BCUT2D eigenvalue weighted by atomic mass is 16.5. The van der Waals surface area contributed by atoms with Crippen LogP contribution in [0.2, 0.25) is 0 Å². The molecule has 1 atom stereocenters. The summed E-state index contributed by atoms with van der Waals surface area (Å²) in [6.45, 7) is 4.53. The molecule has 2 aromatic rings. The molecule has 1 heterocycles. The number of ether oxygens (including phenoxy) is 1. The average Bonchev–Trinajstić information content (AvgIpc) is 2.52. The first-order valence-corrected chi connectivity index (χ1v) is 7.48. The lowest BCUT2D eigenvalue weighted by Gasteiger charge is -2.26. The van der Waals surface area contributed by atoms with Crippen molar-refractivity contribution in [3.05, 3.63) is 59.2 Å². The molecule has 0 saturated heterocycles. The molecular formula is C18H20N2O2. The van der Waals surface area contributed by atoms with Crippen LogP contribution in [0.15, 0.2) is 42.5 Å². The second-order valence-electron chi connectivity index (χ2n) is 5.67. The quantitative estimate of drug-likeness (QED) is 0.892. The minimum absolute atomic E-state index is 0.0139. The third-order valence-corrected chi connectivity index (χ3v) is 4.07. The summed E-state index contributed by atoms with van der Waals surface area (Å²) in [5.41, 5.74) is 4.22. The topological polar surface area (TPSA) is 50.4 Å². The van der Waals surface area contributed by atoms with Crippen LogP contribution in [0.1, 0.15) is 16.7 Å². The number of anilines is 1. The lowest BCUT2D eigenvalue weighted by molar-refractivity contribution is 0.222. The number of aryl methyl sites for hydroxylation is 1. The number of urea groups is 1. The van der Waals surface area contributed by atoms with Crippen LogP contribution < -0.4 is 15.4 Å². The Balaban J connectivity index is 1.62. The fraction of sp³-hybridized carbons (Fsp3) is 0.278. The number of nitrogens with one attached hydrogen (secondary N) is 2. The molecule has 114 valence electrons. The van der Waals surface area contributed by atoms with Crippen molar-refractivity contribution in [2.24, 2.45) is 0 Å². The van der Waals surface area contributed by atoms with Gasteiger partial charge in [-0.3, -0.25) is 0 Å². The van der Waals surface area contributed by atoms with Crippen LogP contribution >= 0.6 is 0 Å². The average molecular weight is 296 g/mol. The Hall–Kier alpha value is -2.49. The smallest absolute Gasteiger partial charge is 0.319 e. The van der Waals surface area contributed by atoms with E-state index in [4.69, 9.17) is 4.74 Å². The fourth-order valence-corrected chi connectivity index (χ4v) is 2.65. The van der Waals surface area contributed by atoms with E-state index in [9.17, 15) is 4.79 Å². The highest BCUT2D eigenvalue weighted by molar-refractivity contribution is 5.90. The number of amides is 2. The zero-order valence-electron chi connectivity index (χ0n) is 12.8. The molecular weight excluding hydrogens is 276 g/mol. The molecule has 0 aromatic heterocycles. The highest BCUT2D eigenvalue weighted by Gasteiger charge is 2.21. The molecule has 0 saturated carbocycles. The van der Waals surface area contributed by atoms with Gasteiger partial charge in [0.2, 0.25) is 0 Å². The standard InChI is InChI=1S/C18H20N2O2/c1-12-6-5-8-16(13(12)2)20-18(21)19-15-10-14-7-3-4-9-17(14)22-11-15/h3-9,15H,10-11H2,1-2H3,(H2,19,20,21)/t15-/m0/s1. The molecule has 0 radical (unpaired) electrons. The van der Waals surface area contributed by atoms with E-state index in [-0.39, 0.29) is 12.1 Å². The lowest BCUT2D eigenvalue weighted by Crippen LogP contribution is -2.44. The van der Waals surface area contributed by atoms with Gasteiger partial charge in [-0.05, 0) is 49.1 Å². The molecule has 0 fully saturated rings.